The molecule has 6 nitrogen and oxygen atoms in total. The number of hydrogen-bond donors (Lipinski definition) is 2. The van der Waals surface area contributed by atoms with Gasteiger partial charge in [-0.2, -0.15) is 0 Å². The Bertz CT molecular complexity index is 664. The Kier molecular flexibility index (Phi) is 6.03. The second-order valence-corrected chi connectivity index (χ2v) is 5.16. The summed E-state index contributed by atoms with van der Waals surface area (Å²) in [5.74, 6) is 0.925. The topological polar surface area (TPSA) is 82.8 Å². The van der Waals surface area contributed by atoms with Crippen LogP contribution in [0.2, 0.25) is 0 Å². The van der Waals surface area contributed by atoms with Crippen molar-refractivity contribution in [2.75, 3.05) is 21.3 Å². The molecule has 0 bridgehead atoms. The number of methoxy groups -OCH3 is 3. The van der Waals surface area contributed by atoms with Gasteiger partial charge >= 0.3 is 0 Å². The molecule has 1 unspecified atom stereocenters. The number of primary amides is 1. The van der Waals surface area contributed by atoms with Crippen molar-refractivity contribution in [3.63, 3.8) is 0 Å². The average Bonchev–Trinajstić information content (AvgIpc) is 2.61. The SMILES string of the molecule is COc1cc(C(NCc2ccccc2)C(N)=O)cc(OC)c1OC. The van der Waals surface area contributed by atoms with Crippen molar-refractivity contribution in [3.05, 3.63) is 53.6 Å². The number of nitrogens with one attached hydrogen (secondary N) is 1. The summed E-state index contributed by atoms with van der Waals surface area (Å²) < 4.78 is 16.0. The van der Waals surface area contributed by atoms with E-state index in [-0.39, 0.29) is 0 Å². The van der Waals surface area contributed by atoms with Crippen LogP contribution in [-0.2, 0) is 11.3 Å². The number of carbonyl (C=O) groups is 1. The third-order valence-electron chi connectivity index (χ3n) is 3.66. The third-order valence-corrected chi connectivity index (χ3v) is 3.66. The molecule has 0 aliphatic carbocycles. The van der Waals surface area contributed by atoms with E-state index in [2.05, 4.69) is 5.32 Å². The lowest BCUT2D eigenvalue weighted by molar-refractivity contribution is -0.120. The van der Waals surface area contributed by atoms with E-state index in [9.17, 15) is 4.79 Å². The van der Waals surface area contributed by atoms with Crippen molar-refractivity contribution in [2.24, 2.45) is 5.73 Å². The second kappa shape index (κ2) is 8.21. The smallest absolute Gasteiger partial charge is 0.239 e. The fourth-order valence-corrected chi connectivity index (χ4v) is 2.47. The molecule has 24 heavy (non-hydrogen) atoms. The Morgan fingerprint density at radius 3 is 2.08 bits per heavy atom. The standard InChI is InChI=1S/C18H22N2O4/c1-22-14-9-13(10-15(23-2)17(14)24-3)16(18(19)21)20-11-12-7-5-4-6-8-12/h4-10,16,20H,11H2,1-3H3,(H2,19,21). The van der Waals surface area contributed by atoms with Crippen LogP contribution in [0.5, 0.6) is 17.2 Å². The van der Waals surface area contributed by atoms with Crippen LogP contribution in [0.3, 0.4) is 0 Å². The quantitative estimate of drug-likeness (QED) is 0.774. The van der Waals surface area contributed by atoms with Crippen LogP contribution in [0.1, 0.15) is 17.2 Å². The highest BCUT2D eigenvalue weighted by atomic mass is 16.5. The van der Waals surface area contributed by atoms with Crippen LogP contribution < -0.4 is 25.3 Å². The zero-order chi connectivity index (χ0) is 17.5. The predicted octanol–water partition coefficient (Wildman–Crippen LogP) is 2.03. The van der Waals surface area contributed by atoms with Crippen molar-refractivity contribution in [2.45, 2.75) is 12.6 Å². The molecule has 0 saturated carbocycles. The van der Waals surface area contributed by atoms with E-state index in [4.69, 9.17) is 19.9 Å². The highest BCUT2D eigenvalue weighted by molar-refractivity contribution is 5.82. The van der Waals surface area contributed by atoms with Crippen LogP contribution in [0.25, 0.3) is 0 Å². The van der Waals surface area contributed by atoms with Gasteiger partial charge in [-0.3, -0.25) is 10.1 Å². The van der Waals surface area contributed by atoms with Crippen LogP contribution in [-0.4, -0.2) is 27.2 Å². The highest BCUT2D eigenvalue weighted by Gasteiger charge is 2.22. The van der Waals surface area contributed by atoms with Gasteiger partial charge < -0.3 is 19.9 Å². The van der Waals surface area contributed by atoms with Crippen molar-refractivity contribution >= 4 is 5.91 Å². The number of carbonyl (C=O) groups excluding carboxylic acids is 1. The molecule has 0 spiro atoms. The molecule has 2 rings (SSSR count). The minimum Gasteiger partial charge on any atom is -0.493 e. The van der Waals surface area contributed by atoms with Crippen LogP contribution in [0.4, 0.5) is 0 Å². The maximum absolute atomic E-state index is 11.9. The zero-order valence-corrected chi connectivity index (χ0v) is 14.0. The van der Waals surface area contributed by atoms with Crippen molar-refractivity contribution < 1.29 is 19.0 Å². The second-order valence-electron chi connectivity index (χ2n) is 5.16. The van der Waals surface area contributed by atoms with E-state index in [1.165, 1.54) is 21.3 Å². The maximum Gasteiger partial charge on any atom is 0.239 e. The molecule has 0 saturated heterocycles. The van der Waals surface area contributed by atoms with Gasteiger partial charge in [-0.25, -0.2) is 0 Å². The first-order valence-electron chi connectivity index (χ1n) is 7.47. The van der Waals surface area contributed by atoms with Crippen LogP contribution in [0.15, 0.2) is 42.5 Å². The third kappa shape index (κ3) is 3.97. The Morgan fingerprint density at radius 2 is 1.62 bits per heavy atom. The molecular weight excluding hydrogens is 308 g/mol. The largest absolute Gasteiger partial charge is 0.493 e. The Labute approximate surface area is 141 Å². The van der Waals surface area contributed by atoms with Gasteiger partial charge in [-0.15, -0.1) is 0 Å². The van der Waals surface area contributed by atoms with Gasteiger partial charge in [0.2, 0.25) is 11.7 Å². The van der Waals surface area contributed by atoms with E-state index in [1.54, 1.807) is 12.1 Å². The van der Waals surface area contributed by atoms with Crippen LogP contribution in [0, 0.1) is 0 Å². The minimum atomic E-state index is -0.682. The summed E-state index contributed by atoms with van der Waals surface area (Å²) in [5, 5.41) is 3.17. The van der Waals surface area contributed by atoms with E-state index in [0.29, 0.717) is 29.4 Å². The number of rotatable bonds is 8. The Morgan fingerprint density at radius 1 is 1.04 bits per heavy atom. The summed E-state index contributed by atoms with van der Waals surface area (Å²) in [7, 11) is 4.58. The number of amides is 1. The molecule has 0 aliphatic heterocycles. The van der Waals surface area contributed by atoms with Gasteiger partial charge in [0.05, 0.1) is 21.3 Å². The van der Waals surface area contributed by atoms with Crippen LogP contribution >= 0.6 is 0 Å². The summed E-state index contributed by atoms with van der Waals surface area (Å²) >= 11 is 0. The molecule has 2 aromatic carbocycles. The first-order valence-corrected chi connectivity index (χ1v) is 7.47. The lowest BCUT2D eigenvalue weighted by atomic mass is 10.0. The van der Waals surface area contributed by atoms with E-state index >= 15 is 0 Å². The van der Waals surface area contributed by atoms with Gasteiger partial charge in [-0.05, 0) is 23.3 Å². The average molecular weight is 330 g/mol. The van der Waals surface area contributed by atoms with E-state index in [1.807, 2.05) is 30.3 Å². The number of nitrogens with two attached hydrogens (primary N) is 1. The molecule has 6 heteroatoms. The summed E-state index contributed by atoms with van der Waals surface area (Å²) in [6.45, 7) is 0.505. The fourth-order valence-electron chi connectivity index (χ4n) is 2.47. The van der Waals surface area contributed by atoms with Gasteiger partial charge in [0.1, 0.15) is 6.04 Å². The van der Waals surface area contributed by atoms with Crippen molar-refractivity contribution in [1.29, 1.82) is 0 Å². The first kappa shape index (κ1) is 17.6. The molecule has 128 valence electrons. The zero-order valence-electron chi connectivity index (χ0n) is 14.0. The normalized spacial score (nSPS) is 11.6. The van der Waals surface area contributed by atoms with Gasteiger partial charge in [0, 0.05) is 6.54 Å². The lowest BCUT2D eigenvalue weighted by Crippen LogP contribution is -2.33. The monoisotopic (exact) mass is 330 g/mol. The molecule has 0 aliphatic rings. The van der Waals surface area contributed by atoms with Gasteiger partial charge in [0.15, 0.2) is 11.5 Å². The molecule has 0 radical (unpaired) electrons. The molecule has 3 N–H and O–H groups in total. The van der Waals surface area contributed by atoms with Gasteiger partial charge in [-0.1, -0.05) is 30.3 Å². The first-order chi connectivity index (χ1) is 11.6. The maximum atomic E-state index is 11.9. The Hall–Kier alpha value is -2.73. The highest BCUT2D eigenvalue weighted by Crippen LogP contribution is 2.39. The lowest BCUT2D eigenvalue weighted by Gasteiger charge is -2.19. The summed E-state index contributed by atoms with van der Waals surface area (Å²) in [5.41, 5.74) is 7.27. The predicted molar refractivity (Wildman–Crippen MR) is 91.3 cm³/mol. The molecule has 2 aromatic rings. The fraction of sp³-hybridized carbons (Fsp3) is 0.278. The molecule has 1 amide bonds. The Balaban J connectivity index is 2.31. The number of benzene rings is 2. The van der Waals surface area contributed by atoms with Gasteiger partial charge in [0.25, 0.3) is 0 Å². The molecule has 1 atom stereocenters. The van der Waals surface area contributed by atoms with Crippen molar-refractivity contribution in [1.82, 2.24) is 5.32 Å². The summed E-state index contributed by atoms with van der Waals surface area (Å²) in [6.07, 6.45) is 0. The molecule has 0 aromatic heterocycles. The number of hydrogen-bond acceptors (Lipinski definition) is 5. The molecule has 0 fully saturated rings. The molecule has 0 heterocycles. The molecular formula is C18H22N2O4. The summed E-state index contributed by atoms with van der Waals surface area (Å²) in [6, 6.07) is 12.5. The summed E-state index contributed by atoms with van der Waals surface area (Å²) in [4.78, 5) is 11.9. The van der Waals surface area contributed by atoms with E-state index in [0.717, 1.165) is 5.56 Å². The van der Waals surface area contributed by atoms with E-state index < -0.39 is 11.9 Å². The number of ether oxygens (including phenoxy) is 3. The minimum absolute atomic E-state index is 0.468. The van der Waals surface area contributed by atoms with Crippen molar-refractivity contribution in [3.8, 4) is 17.2 Å².